The zero-order chi connectivity index (χ0) is 20.9. The number of Topliss-reactive ketones (excluding diaryl/α,β-unsaturated/α-hetero) is 1. The van der Waals surface area contributed by atoms with Gasteiger partial charge in [-0.3, -0.25) is 4.79 Å². The smallest absolute Gasteiger partial charge is 0.336 e. The summed E-state index contributed by atoms with van der Waals surface area (Å²) in [4.78, 5) is 26.3. The Balaban J connectivity index is 1.96. The lowest BCUT2D eigenvalue weighted by Gasteiger charge is -2.39. The Morgan fingerprint density at radius 1 is 1.28 bits per heavy atom. The van der Waals surface area contributed by atoms with Gasteiger partial charge in [-0.1, -0.05) is 32.0 Å². The third-order valence-electron chi connectivity index (χ3n) is 6.02. The predicted octanol–water partition coefficient (Wildman–Crippen LogP) is 4.35. The Kier molecular flexibility index (Phi) is 4.64. The number of hydrogen-bond donors (Lipinski definition) is 1. The van der Waals surface area contributed by atoms with Gasteiger partial charge in [-0.25, -0.2) is 4.79 Å². The molecule has 1 aromatic carbocycles. The molecule has 0 radical (unpaired) electrons. The van der Waals surface area contributed by atoms with E-state index in [0.717, 1.165) is 34.4 Å². The van der Waals surface area contributed by atoms with Crippen molar-refractivity contribution in [3.05, 3.63) is 58.6 Å². The predicted molar refractivity (Wildman–Crippen MR) is 113 cm³/mol. The lowest BCUT2D eigenvalue weighted by atomic mass is 9.69. The van der Waals surface area contributed by atoms with Crippen LogP contribution in [0.5, 0.6) is 0 Å². The van der Waals surface area contributed by atoms with Crippen LogP contribution in [0.3, 0.4) is 0 Å². The first-order valence-corrected chi connectivity index (χ1v) is 10.2. The van der Waals surface area contributed by atoms with E-state index in [2.05, 4.69) is 41.9 Å². The number of ketones is 1. The number of nitrogens with zero attached hydrogens (tertiary/aromatic N) is 1. The van der Waals surface area contributed by atoms with E-state index >= 15 is 0 Å². The summed E-state index contributed by atoms with van der Waals surface area (Å²) >= 11 is 0. The van der Waals surface area contributed by atoms with Gasteiger partial charge in [-0.15, -0.1) is 0 Å². The maximum atomic E-state index is 13.3. The number of para-hydroxylation sites is 1. The average molecular weight is 392 g/mol. The lowest BCUT2D eigenvalue weighted by Crippen LogP contribution is -2.39. The molecule has 5 heteroatoms. The Morgan fingerprint density at radius 2 is 2.00 bits per heavy atom. The van der Waals surface area contributed by atoms with Crippen LogP contribution in [0.25, 0.3) is 10.9 Å². The molecule has 29 heavy (non-hydrogen) atoms. The van der Waals surface area contributed by atoms with Gasteiger partial charge in [0, 0.05) is 41.6 Å². The zero-order valence-electron chi connectivity index (χ0n) is 17.8. The van der Waals surface area contributed by atoms with Gasteiger partial charge >= 0.3 is 5.97 Å². The highest BCUT2D eigenvalue weighted by Gasteiger charge is 2.44. The molecule has 0 bridgehead atoms. The minimum Gasteiger partial charge on any atom is -0.463 e. The lowest BCUT2D eigenvalue weighted by molar-refractivity contribution is -0.138. The van der Waals surface area contributed by atoms with Crippen LogP contribution < -0.4 is 5.32 Å². The molecule has 152 valence electrons. The number of hydrogen-bond acceptors (Lipinski definition) is 4. The first-order chi connectivity index (χ1) is 13.7. The van der Waals surface area contributed by atoms with Crippen LogP contribution in [0.15, 0.2) is 52.9 Å². The van der Waals surface area contributed by atoms with E-state index in [-0.39, 0.29) is 17.2 Å². The fraction of sp³-hybridized carbons (Fsp3) is 0.417. The number of benzene rings is 1. The number of aromatic nitrogens is 1. The topological polar surface area (TPSA) is 60.3 Å². The van der Waals surface area contributed by atoms with Crippen molar-refractivity contribution in [1.82, 2.24) is 9.88 Å². The number of aryl methyl sites for hydroxylation is 1. The van der Waals surface area contributed by atoms with E-state index in [1.54, 1.807) is 6.92 Å². The third kappa shape index (κ3) is 3.18. The monoisotopic (exact) mass is 392 g/mol. The molecule has 5 nitrogen and oxygen atoms in total. The maximum Gasteiger partial charge on any atom is 0.336 e. The van der Waals surface area contributed by atoms with Gasteiger partial charge in [-0.05, 0) is 43.2 Å². The highest BCUT2D eigenvalue weighted by molar-refractivity contribution is 6.04. The van der Waals surface area contributed by atoms with Crippen molar-refractivity contribution < 1.29 is 14.3 Å². The highest BCUT2D eigenvalue weighted by atomic mass is 16.5. The Morgan fingerprint density at radius 3 is 2.69 bits per heavy atom. The largest absolute Gasteiger partial charge is 0.463 e. The Labute approximate surface area is 171 Å². The van der Waals surface area contributed by atoms with E-state index in [4.69, 9.17) is 4.74 Å². The first-order valence-electron chi connectivity index (χ1n) is 10.2. The molecular formula is C24H28N2O3. The minimum absolute atomic E-state index is 0.103. The number of nitrogens with one attached hydrogen (secondary N) is 1. The number of allylic oxidation sites excluding steroid dienone is 3. The summed E-state index contributed by atoms with van der Waals surface area (Å²) in [5.41, 5.74) is 4.86. The van der Waals surface area contributed by atoms with Gasteiger partial charge in [0.2, 0.25) is 0 Å². The van der Waals surface area contributed by atoms with Crippen LogP contribution >= 0.6 is 0 Å². The number of carbonyl (C=O) groups excluding carboxylic acids is 2. The number of esters is 1. The van der Waals surface area contributed by atoms with Crippen LogP contribution in [0.2, 0.25) is 0 Å². The van der Waals surface area contributed by atoms with Crippen LogP contribution in [0.1, 0.15) is 52.1 Å². The van der Waals surface area contributed by atoms with Gasteiger partial charge in [0.05, 0.1) is 18.1 Å². The molecular weight excluding hydrogens is 364 g/mol. The fourth-order valence-electron chi connectivity index (χ4n) is 4.80. The number of ether oxygens (including phenoxy) is 1. The summed E-state index contributed by atoms with van der Waals surface area (Å²) in [6.07, 6.45) is 1.26. The molecule has 1 atom stereocenters. The van der Waals surface area contributed by atoms with Crippen molar-refractivity contribution in [1.29, 1.82) is 0 Å². The molecule has 0 saturated heterocycles. The molecule has 0 unspecified atom stereocenters. The van der Waals surface area contributed by atoms with Gasteiger partial charge in [-0.2, -0.15) is 0 Å². The number of carbonyl (C=O) groups is 2. The summed E-state index contributed by atoms with van der Waals surface area (Å²) in [6.45, 7) is 8.22. The molecule has 1 N–H and O–H groups in total. The van der Waals surface area contributed by atoms with Crippen LogP contribution in [-0.4, -0.2) is 22.9 Å². The molecule has 0 fully saturated rings. The zero-order valence-corrected chi connectivity index (χ0v) is 17.8. The van der Waals surface area contributed by atoms with E-state index in [9.17, 15) is 9.59 Å². The molecule has 1 aliphatic carbocycles. The maximum absolute atomic E-state index is 13.3. The normalized spacial score (nSPS) is 21.3. The third-order valence-corrected chi connectivity index (χ3v) is 6.02. The molecule has 4 rings (SSSR count). The van der Waals surface area contributed by atoms with Crippen LogP contribution in [0.4, 0.5) is 0 Å². The second-order valence-corrected chi connectivity index (χ2v) is 8.84. The number of fused-ring (bicyclic) bond motifs is 1. The average Bonchev–Trinajstić information content (AvgIpc) is 2.96. The summed E-state index contributed by atoms with van der Waals surface area (Å²) in [7, 11) is 2.00. The molecule has 0 amide bonds. The summed E-state index contributed by atoms with van der Waals surface area (Å²) in [5, 5.41) is 4.47. The van der Waals surface area contributed by atoms with Gasteiger partial charge < -0.3 is 14.6 Å². The van der Waals surface area contributed by atoms with E-state index < -0.39 is 5.92 Å². The molecule has 0 saturated carbocycles. The summed E-state index contributed by atoms with van der Waals surface area (Å²) < 4.78 is 7.49. The minimum atomic E-state index is -0.425. The van der Waals surface area contributed by atoms with Gasteiger partial charge in [0.25, 0.3) is 0 Å². The number of dihydropyridines is 1. The highest BCUT2D eigenvalue weighted by Crippen LogP contribution is 2.47. The van der Waals surface area contributed by atoms with Crippen LogP contribution in [-0.2, 0) is 21.4 Å². The molecule has 1 aliphatic heterocycles. The van der Waals surface area contributed by atoms with Crippen LogP contribution in [0, 0.1) is 5.41 Å². The second kappa shape index (κ2) is 6.90. The van der Waals surface area contributed by atoms with Crippen molar-refractivity contribution in [2.75, 3.05) is 6.61 Å². The Hall–Kier alpha value is -2.82. The van der Waals surface area contributed by atoms with E-state index in [1.807, 2.05) is 26.1 Å². The second-order valence-electron chi connectivity index (χ2n) is 8.84. The number of rotatable bonds is 3. The first kappa shape index (κ1) is 19.5. The van der Waals surface area contributed by atoms with E-state index in [0.29, 0.717) is 24.2 Å². The van der Waals surface area contributed by atoms with Crippen molar-refractivity contribution in [3.8, 4) is 0 Å². The van der Waals surface area contributed by atoms with Gasteiger partial charge in [0.1, 0.15) is 0 Å². The van der Waals surface area contributed by atoms with Crippen molar-refractivity contribution in [3.63, 3.8) is 0 Å². The quantitative estimate of drug-likeness (QED) is 0.789. The van der Waals surface area contributed by atoms with E-state index in [1.165, 1.54) is 0 Å². The molecule has 2 aliphatic rings. The van der Waals surface area contributed by atoms with Crippen molar-refractivity contribution in [2.24, 2.45) is 12.5 Å². The standard InChI is InChI=1S/C24H28N2O3/c1-6-29-23(28)20-14(2)25-16-12-24(3,4)13-19(27)21(16)22(20)18-11-15-9-7-8-10-17(15)26(18)5/h7-11,22,25H,6,12-13H2,1-5H3/t22-/m1/s1. The molecule has 0 spiro atoms. The molecule has 2 aromatic rings. The molecule has 2 heterocycles. The van der Waals surface area contributed by atoms with Crippen molar-refractivity contribution >= 4 is 22.7 Å². The fourth-order valence-corrected chi connectivity index (χ4v) is 4.80. The van der Waals surface area contributed by atoms with Crippen molar-refractivity contribution in [2.45, 2.75) is 46.5 Å². The summed E-state index contributed by atoms with van der Waals surface area (Å²) in [5.74, 6) is -0.684. The summed E-state index contributed by atoms with van der Waals surface area (Å²) in [6, 6.07) is 10.2. The van der Waals surface area contributed by atoms with Gasteiger partial charge in [0.15, 0.2) is 5.78 Å². The molecule has 1 aromatic heterocycles. The Bertz CT molecular complexity index is 1080. The SMILES string of the molecule is CCOC(=O)C1=C(C)NC2=C(C(=O)CC(C)(C)C2)[C@@H]1c1cc2ccccc2n1C.